The quantitative estimate of drug-likeness (QED) is 0.858. The summed E-state index contributed by atoms with van der Waals surface area (Å²) in [4.78, 5) is 10.9. The lowest BCUT2D eigenvalue weighted by atomic mass is 10.1. The molecule has 22 heavy (non-hydrogen) atoms. The third kappa shape index (κ3) is 3.60. The Morgan fingerprint density at radius 3 is 2.55 bits per heavy atom. The fourth-order valence-electron chi connectivity index (χ4n) is 1.88. The van der Waals surface area contributed by atoms with E-state index >= 15 is 0 Å². The van der Waals surface area contributed by atoms with Gasteiger partial charge in [-0.25, -0.2) is 13.5 Å². The van der Waals surface area contributed by atoms with Crippen LogP contribution < -0.4 is 5.32 Å². The van der Waals surface area contributed by atoms with Gasteiger partial charge in [0, 0.05) is 6.04 Å². The molecule has 0 bridgehead atoms. The Kier molecular flexibility index (Phi) is 4.74. The Bertz CT molecular complexity index is 654. The maximum Gasteiger partial charge on any atom is 0.315 e. The van der Waals surface area contributed by atoms with Gasteiger partial charge in [0.1, 0.15) is 17.3 Å². The Morgan fingerprint density at radius 1 is 1.32 bits per heavy atom. The van der Waals surface area contributed by atoms with Crippen LogP contribution in [0, 0.1) is 11.6 Å². The lowest BCUT2D eigenvalue weighted by Gasteiger charge is -2.12. The molecule has 2 rings (SSSR count). The Labute approximate surface area is 122 Å². The molecule has 0 saturated heterocycles. The molecule has 0 radical (unpaired) electrons. The van der Waals surface area contributed by atoms with Crippen molar-refractivity contribution in [3.63, 3.8) is 0 Å². The van der Waals surface area contributed by atoms with Gasteiger partial charge < -0.3 is 5.32 Å². The Balaban J connectivity index is 2.10. The summed E-state index contributed by atoms with van der Waals surface area (Å²) in [6, 6.07) is 2.74. The summed E-state index contributed by atoms with van der Waals surface area (Å²) in [6.07, 6.45) is -1.84. The molecule has 0 spiro atoms. The SMILES string of the molecule is C[C@H](Cn1cc(-c2c(F)cccc2F)nn1)NC(=O)C(F)F. The van der Waals surface area contributed by atoms with Crippen LogP contribution in [0.25, 0.3) is 11.3 Å². The summed E-state index contributed by atoms with van der Waals surface area (Å²) in [6.45, 7) is 1.52. The largest absolute Gasteiger partial charge is 0.347 e. The lowest BCUT2D eigenvalue weighted by molar-refractivity contribution is -0.132. The van der Waals surface area contributed by atoms with Crippen LogP contribution in [0.3, 0.4) is 0 Å². The van der Waals surface area contributed by atoms with Crippen molar-refractivity contribution in [1.82, 2.24) is 20.3 Å². The minimum atomic E-state index is -3.11. The average molecular weight is 316 g/mol. The number of amides is 1. The van der Waals surface area contributed by atoms with Gasteiger partial charge in [-0.1, -0.05) is 11.3 Å². The fourth-order valence-corrected chi connectivity index (χ4v) is 1.88. The number of carbonyl (C=O) groups excluding carboxylic acids is 1. The monoisotopic (exact) mass is 316 g/mol. The molecule has 1 amide bonds. The molecule has 2 aromatic rings. The van der Waals surface area contributed by atoms with E-state index in [4.69, 9.17) is 0 Å². The number of rotatable bonds is 5. The van der Waals surface area contributed by atoms with Gasteiger partial charge in [-0.2, -0.15) is 8.78 Å². The minimum Gasteiger partial charge on any atom is -0.347 e. The summed E-state index contributed by atoms with van der Waals surface area (Å²) in [5.74, 6) is -2.97. The van der Waals surface area contributed by atoms with Gasteiger partial charge in [0.05, 0.1) is 18.3 Å². The van der Waals surface area contributed by atoms with E-state index in [0.29, 0.717) is 0 Å². The first-order valence-corrected chi connectivity index (χ1v) is 6.31. The molecule has 0 aliphatic heterocycles. The predicted octanol–water partition coefficient (Wildman–Crippen LogP) is 1.99. The summed E-state index contributed by atoms with van der Waals surface area (Å²) in [5.41, 5.74) is -0.346. The van der Waals surface area contributed by atoms with Crippen molar-refractivity contribution >= 4 is 5.91 Å². The van der Waals surface area contributed by atoms with E-state index in [0.717, 1.165) is 12.1 Å². The average Bonchev–Trinajstić information content (AvgIpc) is 2.86. The van der Waals surface area contributed by atoms with E-state index in [1.165, 1.54) is 23.9 Å². The van der Waals surface area contributed by atoms with Crippen molar-refractivity contribution < 1.29 is 22.4 Å². The highest BCUT2D eigenvalue weighted by molar-refractivity contribution is 5.79. The number of nitrogens with one attached hydrogen (secondary N) is 1. The number of nitrogens with zero attached hydrogens (tertiary/aromatic N) is 3. The van der Waals surface area contributed by atoms with Crippen molar-refractivity contribution in [2.24, 2.45) is 0 Å². The molecular weight excluding hydrogens is 304 g/mol. The van der Waals surface area contributed by atoms with Crippen LogP contribution in [-0.4, -0.2) is 33.4 Å². The first-order valence-electron chi connectivity index (χ1n) is 6.31. The molecule has 1 N–H and O–H groups in total. The van der Waals surface area contributed by atoms with Crippen molar-refractivity contribution in [3.8, 4) is 11.3 Å². The van der Waals surface area contributed by atoms with Crippen molar-refractivity contribution in [3.05, 3.63) is 36.0 Å². The number of hydrogen-bond donors (Lipinski definition) is 1. The van der Waals surface area contributed by atoms with Crippen molar-refractivity contribution in [1.29, 1.82) is 0 Å². The van der Waals surface area contributed by atoms with E-state index < -0.39 is 30.0 Å². The molecular formula is C13H12F4N4O. The van der Waals surface area contributed by atoms with Gasteiger partial charge in [-0.05, 0) is 19.1 Å². The highest BCUT2D eigenvalue weighted by Crippen LogP contribution is 2.23. The molecule has 0 saturated carbocycles. The van der Waals surface area contributed by atoms with Crippen LogP contribution in [0.5, 0.6) is 0 Å². The van der Waals surface area contributed by atoms with E-state index in [-0.39, 0.29) is 17.8 Å². The van der Waals surface area contributed by atoms with Crippen LogP contribution in [0.2, 0.25) is 0 Å². The van der Waals surface area contributed by atoms with E-state index in [2.05, 4.69) is 15.6 Å². The Morgan fingerprint density at radius 2 is 1.95 bits per heavy atom. The molecule has 1 atom stereocenters. The molecule has 5 nitrogen and oxygen atoms in total. The second-order valence-corrected chi connectivity index (χ2v) is 4.63. The van der Waals surface area contributed by atoms with E-state index in [1.807, 2.05) is 0 Å². The minimum absolute atomic E-state index is 0.0250. The van der Waals surface area contributed by atoms with Crippen LogP contribution in [0.4, 0.5) is 17.6 Å². The molecule has 1 aromatic carbocycles. The van der Waals surface area contributed by atoms with Gasteiger partial charge in [0.2, 0.25) is 0 Å². The summed E-state index contributed by atoms with van der Waals surface area (Å²) < 4.78 is 52.7. The fraction of sp³-hybridized carbons (Fsp3) is 0.308. The van der Waals surface area contributed by atoms with E-state index in [9.17, 15) is 22.4 Å². The van der Waals surface area contributed by atoms with Crippen molar-refractivity contribution in [2.45, 2.75) is 25.9 Å². The number of carbonyl (C=O) groups is 1. The molecule has 118 valence electrons. The van der Waals surface area contributed by atoms with Gasteiger partial charge in [-0.15, -0.1) is 5.10 Å². The molecule has 9 heteroatoms. The maximum absolute atomic E-state index is 13.6. The number of halogens is 4. The van der Waals surface area contributed by atoms with Gasteiger partial charge in [0.25, 0.3) is 5.91 Å². The van der Waals surface area contributed by atoms with Gasteiger partial charge in [0.15, 0.2) is 0 Å². The normalized spacial score (nSPS) is 12.5. The number of hydrogen-bond acceptors (Lipinski definition) is 3. The third-order valence-corrected chi connectivity index (χ3v) is 2.81. The zero-order chi connectivity index (χ0) is 16.3. The number of aromatic nitrogens is 3. The third-order valence-electron chi connectivity index (χ3n) is 2.81. The van der Waals surface area contributed by atoms with Crippen LogP contribution in [0.15, 0.2) is 24.4 Å². The van der Waals surface area contributed by atoms with Gasteiger partial charge >= 0.3 is 6.43 Å². The predicted molar refractivity (Wildman–Crippen MR) is 69.0 cm³/mol. The van der Waals surface area contributed by atoms with E-state index in [1.54, 1.807) is 0 Å². The molecule has 0 fully saturated rings. The number of alkyl halides is 2. The zero-order valence-corrected chi connectivity index (χ0v) is 11.4. The zero-order valence-electron chi connectivity index (χ0n) is 11.4. The smallest absolute Gasteiger partial charge is 0.315 e. The maximum atomic E-state index is 13.6. The molecule has 1 heterocycles. The first-order chi connectivity index (χ1) is 10.4. The van der Waals surface area contributed by atoms with Crippen molar-refractivity contribution in [2.75, 3.05) is 0 Å². The topological polar surface area (TPSA) is 59.8 Å². The first kappa shape index (κ1) is 15.9. The second-order valence-electron chi connectivity index (χ2n) is 4.63. The van der Waals surface area contributed by atoms with Crippen LogP contribution in [0.1, 0.15) is 6.92 Å². The molecule has 0 aliphatic rings. The summed E-state index contributed by atoms with van der Waals surface area (Å²) >= 11 is 0. The lowest BCUT2D eigenvalue weighted by Crippen LogP contribution is -2.39. The highest BCUT2D eigenvalue weighted by atomic mass is 19.3. The summed E-state index contributed by atoms with van der Waals surface area (Å²) in [7, 11) is 0. The summed E-state index contributed by atoms with van der Waals surface area (Å²) in [5, 5.41) is 9.38. The Hall–Kier alpha value is -2.45. The van der Waals surface area contributed by atoms with Crippen LogP contribution >= 0.6 is 0 Å². The number of benzene rings is 1. The highest BCUT2D eigenvalue weighted by Gasteiger charge is 2.19. The molecule has 1 aromatic heterocycles. The van der Waals surface area contributed by atoms with Crippen LogP contribution in [-0.2, 0) is 11.3 Å². The van der Waals surface area contributed by atoms with Gasteiger partial charge in [-0.3, -0.25) is 4.79 Å². The second kappa shape index (κ2) is 6.54. The molecule has 0 aliphatic carbocycles. The molecule has 0 unspecified atom stereocenters. The standard InChI is InChI=1S/C13H12F4N4O/c1-7(18-13(22)12(16)17)5-21-6-10(19-20-21)11-8(14)3-2-4-9(11)15/h2-4,6-7,12H,5H2,1H3,(H,18,22)/t7-/m1/s1.